The van der Waals surface area contributed by atoms with Crippen molar-refractivity contribution in [2.24, 2.45) is 0 Å². The van der Waals surface area contributed by atoms with E-state index in [1.807, 2.05) is 26.1 Å². The van der Waals surface area contributed by atoms with E-state index < -0.39 is 0 Å². The maximum atomic E-state index is 12.2. The molecule has 5 rings (SSSR count). The lowest BCUT2D eigenvalue weighted by atomic mass is 9.98. The fourth-order valence-electron chi connectivity index (χ4n) is 5.09. The number of benzene rings is 2. The van der Waals surface area contributed by atoms with Gasteiger partial charge in [-0.05, 0) is 43.5 Å². The number of fused-ring (bicyclic) bond motifs is 1. The summed E-state index contributed by atoms with van der Waals surface area (Å²) in [5.41, 5.74) is 5.73. The molecule has 2 aromatic carbocycles. The third kappa shape index (κ3) is 4.11. The molecule has 6 heteroatoms. The Hall–Kier alpha value is -3.25. The average molecular weight is 443 g/mol. The number of carbonyl (C=O) groups excluding carboxylic acids is 1. The van der Waals surface area contributed by atoms with E-state index in [1.165, 1.54) is 11.1 Å². The summed E-state index contributed by atoms with van der Waals surface area (Å²) < 4.78 is 5.61. The summed E-state index contributed by atoms with van der Waals surface area (Å²) in [5.74, 6) is 2.97. The Morgan fingerprint density at radius 1 is 1.03 bits per heavy atom. The van der Waals surface area contributed by atoms with Crippen LogP contribution >= 0.6 is 0 Å². The number of hydrogen-bond donors (Lipinski definition) is 0. The lowest BCUT2D eigenvalue weighted by molar-refractivity contribution is -0.118. The highest BCUT2D eigenvalue weighted by Gasteiger charge is 2.30. The Morgan fingerprint density at radius 2 is 1.79 bits per heavy atom. The summed E-state index contributed by atoms with van der Waals surface area (Å²) in [6, 6.07) is 16.7. The number of carbonyl (C=O) groups is 1. The molecule has 1 saturated heterocycles. The second kappa shape index (κ2) is 8.94. The van der Waals surface area contributed by atoms with Crippen LogP contribution in [0, 0.1) is 6.92 Å². The van der Waals surface area contributed by atoms with Crippen molar-refractivity contribution >= 4 is 11.7 Å². The lowest BCUT2D eigenvalue weighted by Gasteiger charge is -2.26. The van der Waals surface area contributed by atoms with Gasteiger partial charge >= 0.3 is 0 Å². The van der Waals surface area contributed by atoms with Gasteiger partial charge in [0.05, 0.1) is 7.11 Å². The lowest BCUT2D eigenvalue weighted by Crippen LogP contribution is -2.33. The molecule has 0 N–H and O–H groups in total. The molecule has 0 radical (unpaired) electrons. The summed E-state index contributed by atoms with van der Waals surface area (Å²) in [7, 11) is 3.55. The van der Waals surface area contributed by atoms with Gasteiger partial charge in [0, 0.05) is 49.3 Å². The summed E-state index contributed by atoms with van der Waals surface area (Å²) >= 11 is 0. The van der Waals surface area contributed by atoms with E-state index in [4.69, 9.17) is 14.7 Å². The number of aryl methyl sites for hydroxylation is 1. The molecule has 1 fully saturated rings. The van der Waals surface area contributed by atoms with E-state index in [9.17, 15) is 4.79 Å². The molecule has 0 bridgehead atoms. The maximum Gasteiger partial charge on any atom is 0.228 e. The fraction of sp³-hybridized carbons (Fsp3) is 0.370. The highest BCUT2D eigenvalue weighted by atomic mass is 16.5. The van der Waals surface area contributed by atoms with Crippen molar-refractivity contribution in [3.8, 4) is 16.9 Å². The van der Waals surface area contributed by atoms with Crippen molar-refractivity contribution in [2.75, 3.05) is 32.1 Å². The molecule has 1 atom stereocenters. The number of hydrogen-bond acceptors (Lipinski definition) is 5. The molecule has 1 amide bonds. The Balaban J connectivity index is 1.37. The summed E-state index contributed by atoms with van der Waals surface area (Å²) in [6.45, 7) is 4.83. The Morgan fingerprint density at radius 3 is 2.61 bits per heavy atom. The number of rotatable bonds is 5. The van der Waals surface area contributed by atoms with Crippen molar-refractivity contribution < 1.29 is 9.53 Å². The first-order valence-corrected chi connectivity index (χ1v) is 11.6. The van der Waals surface area contributed by atoms with Gasteiger partial charge in [-0.2, -0.15) is 0 Å². The fourth-order valence-corrected chi connectivity index (χ4v) is 5.09. The van der Waals surface area contributed by atoms with Crippen LogP contribution in [-0.2, 0) is 17.8 Å². The quantitative estimate of drug-likeness (QED) is 0.588. The van der Waals surface area contributed by atoms with Crippen molar-refractivity contribution in [1.29, 1.82) is 0 Å². The number of aromatic nitrogens is 2. The number of methoxy groups -OCH3 is 1. The molecule has 1 aromatic heterocycles. The topological polar surface area (TPSA) is 58.6 Å². The van der Waals surface area contributed by atoms with Gasteiger partial charge in [-0.25, -0.2) is 9.97 Å². The van der Waals surface area contributed by atoms with Crippen molar-refractivity contribution in [2.45, 2.75) is 38.6 Å². The molecule has 6 nitrogen and oxygen atoms in total. The normalized spacial score (nSPS) is 18.5. The third-order valence-electron chi connectivity index (χ3n) is 6.94. The van der Waals surface area contributed by atoms with Crippen LogP contribution < -0.4 is 9.64 Å². The zero-order chi connectivity index (χ0) is 22.9. The molecular weight excluding hydrogens is 412 g/mol. The largest absolute Gasteiger partial charge is 0.496 e. The minimum absolute atomic E-state index is 0.132. The monoisotopic (exact) mass is 442 g/mol. The second-order valence-corrected chi connectivity index (χ2v) is 9.00. The molecule has 3 heterocycles. The number of likely N-dealkylation sites (tertiary alicyclic amines) is 1. The number of amides is 1. The minimum atomic E-state index is 0.132. The standard InChI is InChI=1S/C27H30N4O2/c1-18-21-12-13-25(32)30(2)27(21)29-26(28-18)20-14-15-31(17-20)16-19-8-4-5-9-22(19)23-10-6-7-11-24(23)33-3/h4-11,20H,12-17H2,1-3H3/t20-/m1/s1. The Labute approximate surface area is 195 Å². The molecule has 2 aliphatic rings. The number of para-hydroxylation sites is 1. The molecular formula is C27H30N4O2. The SMILES string of the molecule is COc1ccccc1-c1ccccc1CN1CC[C@@H](c2nc(C)c3c(n2)N(C)C(=O)CC3)C1. The summed E-state index contributed by atoms with van der Waals surface area (Å²) in [4.78, 5) is 26.1. The summed E-state index contributed by atoms with van der Waals surface area (Å²) in [6.07, 6.45) is 2.30. The zero-order valence-electron chi connectivity index (χ0n) is 19.5. The Bertz CT molecular complexity index is 1190. The Kier molecular flexibility index (Phi) is 5.85. The van der Waals surface area contributed by atoms with E-state index in [1.54, 1.807) is 12.0 Å². The van der Waals surface area contributed by atoms with Crippen LogP contribution in [0.5, 0.6) is 5.75 Å². The van der Waals surface area contributed by atoms with E-state index >= 15 is 0 Å². The van der Waals surface area contributed by atoms with Gasteiger partial charge in [0.2, 0.25) is 5.91 Å². The van der Waals surface area contributed by atoms with Gasteiger partial charge in [0.15, 0.2) is 0 Å². The smallest absolute Gasteiger partial charge is 0.228 e. The van der Waals surface area contributed by atoms with Gasteiger partial charge < -0.3 is 4.74 Å². The van der Waals surface area contributed by atoms with Gasteiger partial charge in [0.1, 0.15) is 17.4 Å². The second-order valence-electron chi connectivity index (χ2n) is 9.00. The zero-order valence-corrected chi connectivity index (χ0v) is 19.5. The van der Waals surface area contributed by atoms with Crippen LogP contribution in [0.15, 0.2) is 48.5 Å². The molecule has 33 heavy (non-hydrogen) atoms. The van der Waals surface area contributed by atoms with Crippen LogP contribution in [-0.4, -0.2) is 48.0 Å². The molecule has 3 aromatic rings. The van der Waals surface area contributed by atoms with Gasteiger partial charge in [0.25, 0.3) is 0 Å². The molecule has 0 unspecified atom stereocenters. The van der Waals surface area contributed by atoms with Crippen LogP contribution in [0.2, 0.25) is 0 Å². The number of ether oxygens (including phenoxy) is 1. The molecule has 0 saturated carbocycles. The molecule has 2 aliphatic heterocycles. The van der Waals surface area contributed by atoms with Crippen LogP contribution in [0.1, 0.15) is 41.4 Å². The van der Waals surface area contributed by atoms with Crippen molar-refractivity contribution in [1.82, 2.24) is 14.9 Å². The first kappa shape index (κ1) is 21.6. The van der Waals surface area contributed by atoms with Crippen LogP contribution in [0.4, 0.5) is 5.82 Å². The first-order valence-electron chi connectivity index (χ1n) is 11.6. The van der Waals surface area contributed by atoms with Gasteiger partial charge in [-0.15, -0.1) is 0 Å². The molecule has 0 aliphatic carbocycles. The predicted octanol–water partition coefficient (Wildman–Crippen LogP) is 4.36. The predicted molar refractivity (Wildman–Crippen MR) is 130 cm³/mol. The number of anilines is 1. The highest BCUT2D eigenvalue weighted by Crippen LogP contribution is 2.35. The number of nitrogens with zero attached hydrogens (tertiary/aromatic N) is 4. The van der Waals surface area contributed by atoms with E-state index in [2.05, 4.69) is 41.3 Å². The van der Waals surface area contributed by atoms with E-state index in [-0.39, 0.29) is 11.8 Å². The average Bonchev–Trinajstić information content (AvgIpc) is 3.30. The van der Waals surface area contributed by atoms with Gasteiger partial charge in [-0.3, -0.25) is 14.6 Å². The molecule has 170 valence electrons. The van der Waals surface area contributed by atoms with Crippen LogP contribution in [0.25, 0.3) is 11.1 Å². The maximum absolute atomic E-state index is 12.2. The van der Waals surface area contributed by atoms with E-state index in [0.29, 0.717) is 6.42 Å². The van der Waals surface area contributed by atoms with E-state index in [0.717, 1.165) is 66.7 Å². The van der Waals surface area contributed by atoms with Crippen LogP contribution in [0.3, 0.4) is 0 Å². The van der Waals surface area contributed by atoms with Crippen molar-refractivity contribution in [3.63, 3.8) is 0 Å². The minimum Gasteiger partial charge on any atom is -0.496 e. The first-order chi connectivity index (χ1) is 16.0. The van der Waals surface area contributed by atoms with Crippen molar-refractivity contribution in [3.05, 3.63) is 71.2 Å². The van der Waals surface area contributed by atoms with Gasteiger partial charge in [-0.1, -0.05) is 42.5 Å². The molecule has 0 spiro atoms. The summed E-state index contributed by atoms with van der Waals surface area (Å²) in [5, 5.41) is 0. The third-order valence-corrected chi connectivity index (χ3v) is 6.94. The highest BCUT2D eigenvalue weighted by molar-refractivity contribution is 5.94.